The van der Waals surface area contributed by atoms with Crippen molar-refractivity contribution >= 4 is 5.78 Å². The standard InChI is InChI=1S/C23H34O5/c1-14(24)22(25)7-5-16-15-12-18-23(28-18)13-21(26-10-11-27-21)9-8-20(23,3)17(15)4-6-19(16,22)2/h15-18,25H,4-13H2,1-3H3. The first-order valence-corrected chi connectivity index (χ1v) is 11.4. The van der Waals surface area contributed by atoms with Crippen molar-refractivity contribution in [3.63, 3.8) is 0 Å². The number of ether oxygens (including phenoxy) is 3. The van der Waals surface area contributed by atoms with E-state index in [9.17, 15) is 9.90 Å². The second-order valence-electron chi connectivity index (χ2n) is 11.2. The van der Waals surface area contributed by atoms with Crippen molar-refractivity contribution < 1.29 is 24.1 Å². The molecule has 1 N–H and O–H groups in total. The summed E-state index contributed by atoms with van der Waals surface area (Å²) in [6.45, 7) is 7.64. The average molecular weight is 391 g/mol. The Hall–Kier alpha value is -0.490. The van der Waals surface area contributed by atoms with Crippen LogP contribution in [0.15, 0.2) is 0 Å². The van der Waals surface area contributed by atoms with Crippen molar-refractivity contribution in [3.8, 4) is 0 Å². The van der Waals surface area contributed by atoms with Crippen molar-refractivity contribution in [2.75, 3.05) is 13.2 Å². The van der Waals surface area contributed by atoms with Gasteiger partial charge in [0.1, 0.15) is 11.2 Å². The average Bonchev–Trinajstić information content (AvgIpc) is 3.02. The summed E-state index contributed by atoms with van der Waals surface area (Å²) >= 11 is 0. The molecule has 0 bridgehead atoms. The van der Waals surface area contributed by atoms with Crippen LogP contribution in [-0.4, -0.2) is 47.2 Å². The van der Waals surface area contributed by atoms with Crippen molar-refractivity contribution in [3.05, 3.63) is 0 Å². The number of fused-ring (bicyclic) bond motifs is 4. The van der Waals surface area contributed by atoms with Gasteiger partial charge in [0.15, 0.2) is 11.6 Å². The third-order valence-electron chi connectivity index (χ3n) is 10.6. The highest BCUT2D eigenvalue weighted by molar-refractivity contribution is 5.86. The van der Waals surface area contributed by atoms with E-state index in [1.807, 2.05) is 0 Å². The molecule has 8 atom stereocenters. The molecule has 2 heterocycles. The maximum Gasteiger partial charge on any atom is 0.171 e. The first kappa shape index (κ1) is 18.3. The number of hydrogen-bond acceptors (Lipinski definition) is 5. The summed E-state index contributed by atoms with van der Waals surface area (Å²) in [5.74, 6) is 1.14. The molecule has 0 radical (unpaired) electrons. The second-order valence-corrected chi connectivity index (χ2v) is 11.2. The molecule has 0 aromatic carbocycles. The molecule has 156 valence electrons. The zero-order chi connectivity index (χ0) is 19.6. The van der Waals surface area contributed by atoms with Gasteiger partial charge in [0.25, 0.3) is 0 Å². The van der Waals surface area contributed by atoms with Crippen molar-refractivity contribution in [2.24, 2.45) is 28.6 Å². The summed E-state index contributed by atoms with van der Waals surface area (Å²) in [7, 11) is 0. The van der Waals surface area contributed by atoms with E-state index >= 15 is 0 Å². The Labute approximate surface area is 167 Å². The number of epoxide rings is 1. The smallest absolute Gasteiger partial charge is 0.171 e. The number of carbonyl (C=O) groups excluding carboxylic acids is 1. The molecule has 28 heavy (non-hydrogen) atoms. The van der Waals surface area contributed by atoms with Crippen LogP contribution in [0.25, 0.3) is 0 Å². The molecule has 6 aliphatic rings. The van der Waals surface area contributed by atoms with Gasteiger partial charge in [-0.3, -0.25) is 4.79 Å². The molecule has 0 aromatic heterocycles. The maximum absolute atomic E-state index is 12.4. The molecule has 4 aliphatic carbocycles. The SMILES string of the molecule is CC(=O)C1(O)CCC2C3CC4OC45CC4(CCC5(C)C3CCC21C)OCCO4. The topological polar surface area (TPSA) is 68.3 Å². The van der Waals surface area contributed by atoms with Gasteiger partial charge in [-0.05, 0) is 63.2 Å². The lowest BCUT2D eigenvalue weighted by Gasteiger charge is -2.60. The van der Waals surface area contributed by atoms with Crippen LogP contribution in [0.1, 0.15) is 72.1 Å². The van der Waals surface area contributed by atoms with Gasteiger partial charge in [-0.1, -0.05) is 13.8 Å². The van der Waals surface area contributed by atoms with Crippen LogP contribution in [0.3, 0.4) is 0 Å². The largest absolute Gasteiger partial charge is 0.382 e. The maximum atomic E-state index is 12.4. The summed E-state index contributed by atoms with van der Waals surface area (Å²) in [6, 6.07) is 0. The van der Waals surface area contributed by atoms with Gasteiger partial charge in [0.05, 0.1) is 19.3 Å². The minimum absolute atomic E-state index is 0.0369. The number of ketones is 1. The molecule has 4 saturated carbocycles. The summed E-state index contributed by atoms with van der Waals surface area (Å²) in [4.78, 5) is 12.4. The number of hydrogen-bond donors (Lipinski definition) is 1. The monoisotopic (exact) mass is 390 g/mol. The van der Waals surface area contributed by atoms with Crippen LogP contribution in [0, 0.1) is 28.6 Å². The lowest BCUT2D eigenvalue weighted by atomic mass is 9.44. The van der Waals surface area contributed by atoms with Gasteiger partial charge in [-0.15, -0.1) is 0 Å². The number of Topliss-reactive ketones (excluding diaryl/α,β-unsaturated/α-hetero) is 1. The molecule has 6 fully saturated rings. The fourth-order valence-corrected chi connectivity index (χ4v) is 8.96. The van der Waals surface area contributed by atoms with E-state index in [-0.39, 0.29) is 28.3 Å². The fourth-order valence-electron chi connectivity index (χ4n) is 8.96. The van der Waals surface area contributed by atoms with E-state index in [4.69, 9.17) is 14.2 Å². The van der Waals surface area contributed by atoms with Gasteiger partial charge < -0.3 is 19.3 Å². The normalized spacial score (nSPS) is 58.6. The first-order chi connectivity index (χ1) is 13.2. The number of carbonyl (C=O) groups is 1. The molecular weight excluding hydrogens is 356 g/mol. The van der Waals surface area contributed by atoms with E-state index < -0.39 is 11.4 Å². The Bertz CT molecular complexity index is 731. The Kier molecular flexibility index (Phi) is 3.41. The van der Waals surface area contributed by atoms with Crippen LogP contribution in [0.4, 0.5) is 0 Å². The molecule has 2 saturated heterocycles. The van der Waals surface area contributed by atoms with E-state index in [1.165, 1.54) is 0 Å². The highest BCUT2D eigenvalue weighted by Crippen LogP contribution is 2.75. The Morgan fingerprint density at radius 3 is 2.36 bits per heavy atom. The van der Waals surface area contributed by atoms with E-state index in [1.54, 1.807) is 6.92 Å². The minimum atomic E-state index is -1.13. The quantitative estimate of drug-likeness (QED) is 0.696. The van der Waals surface area contributed by atoms with Crippen LogP contribution in [0.5, 0.6) is 0 Å². The van der Waals surface area contributed by atoms with Gasteiger partial charge >= 0.3 is 0 Å². The lowest BCUT2D eigenvalue weighted by Crippen LogP contribution is -2.62. The van der Waals surface area contributed by atoms with Crippen LogP contribution >= 0.6 is 0 Å². The van der Waals surface area contributed by atoms with E-state index in [0.717, 1.165) is 44.9 Å². The molecule has 8 unspecified atom stereocenters. The van der Waals surface area contributed by atoms with Crippen molar-refractivity contribution in [1.82, 2.24) is 0 Å². The minimum Gasteiger partial charge on any atom is -0.382 e. The molecule has 0 aromatic rings. The van der Waals surface area contributed by atoms with Gasteiger partial charge in [0.2, 0.25) is 0 Å². The van der Waals surface area contributed by atoms with Crippen LogP contribution < -0.4 is 0 Å². The third kappa shape index (κ3) is 1.87. The molecular formula is C23H34O5. The zero-order valence-electron chi connectivity index (χ0n) is 17.5. The molecule has 5 nitrogen and oxygen atoms in total. The number of rotatable bonds is 1. The molecule has 6 rings (SSSR count). The Morgan fingerprint density at radius 1 is 0.964 bits per heavy atom. The lowest BCUT2D eigenvalue weighted by molar-refractivity contribution is -0.228. The number of aliphatic hydroxyl groups is 1. The van der Waals surface area contributed by atoms with E-state index in [0.29, 0.717) is 37.4 Å². The van der Waals surface area contributed by atoms with Crippen LogP contribution in [0.2, 0.25) is 0 Å². The molecule has 2 spiro atoms. The summed E-state index contributed by atoms with van der Waals surface area (Å²) in [5.41, 5.74) is -1.34. The van der Waals surface area contributed by atoms with Gasteiger partial charge in [-0.25, -0.2) is 0 Å². The third-order valence-corrected chi connectivity index (χ3v) is 10.6. The first-order valence-electron chi connectivity index (χ1n) is 11.4. The molecule has 5 heteroatoms. The summed E-state index contributed by atoms with van der Waals surface area (Å²) in [6.07, 6.45) is 7.94. The predicted molar refractivity (Wildman–Crippen MR) is 101 cm³/mol. The Morgan fingerprint density at radius 2 is 1.64 bits per heavy atom. The second kappa shape index (κ2) is 5.22. The Balaban J connectivity index is 1.34. The predicted octanol–water partition coefficient (Wildman–Crippen LogP) is 3.22. The van der Waals surface area contributed by atoms with Gasteiger partial charge in [-0.2, -0.15) is 0 Å². The van der Waals surface area contributed by atoms with Gasteiger partial charge in [0, 0.05) is 23.7 Å². The van der Waals surface area contributed by atoms with E-state index in [2.05, 4.69) is 13.8 Å². The summed E-state index contributed by atoms with van der Waals surface area (Å²) in [5, 5.41) is 11.3. The highest BCUT2D eigenvalue weighted by Gasteiger charge is 2.79. The van der Waals surface area contributed by atoms with Crippen molar-refractivity contribution in [2.45, 2.75) is 95.2 Å². The fraction of sp³-hybridized carbons (Fsp3) is 0.957. The molecule has 2 aliphatic heterocycles. The summed E-state index contributed by atoms with van der Waals surface area (Å²) < 4.78 is 18.7. The van der Waals surface area contributed by atoms with Crippen LogP contribution in [-0.2, 0) is 19.0 Å². The molecule has 0 amide bonds. The highest BCUT2D eigenvalue weighted by atomic mass is 16.7. The zero-order valence-corrected chi connectivity index (χ0v) is 17.5. The van der Waals surface area contributed by atoms with Crippen molar-refractivity contribution in [1.29, 1.82) is 0 Å².